The summed E-state index contributed by atoms with van der Waals surface area (Å²) in [6.45, 7) is 0. The van der Waals surface area contributed by atoms with Gasteiger partial charge in [0.05, 0.1) is 5.16 Å². The zero-order chi connectivity index (χ0) is 7.41. The number of hydrogen-bond donors (Lipinski definition) is 2. The Kier molecular flexibility index (Phi) is 1.13. The minimum Gasteiger partial charge on any atom is -0.324 e. The van der Waals surface area contributed by atoms with Crippen molar-refractivity contribution in [3.63, 3.8) is 0 Å². The maximum Gasteiger partial charge on any atom is 0.331 e. The monoisotopic (exact) mass is 162 g/mol. The van der Waals surface area contributed by atoms with Crippen molar-refractivity contribution in [1.82, 2.24) is 0 Å². The van der Waals surface area contributed by atoms with Crippen molar-refractivity contribution < 1.29 is 14.4 Å². The molecule has 0 radical (unpaired) electrons. The molecule has 2 aliphatic rings. The van der Waals surface area contributed by atoms with Crippen LogP contribution in [0.4, 0.5) is 0 Å². The first-order chi connectivity index (χ1) is 4.56. The van der Waals surface area contributed by atoms with Gasteiger partial charge in [-0.05, 0) is 31.6 Å². The van der Waals surface area contributed by atoms with Crippen LogP contribution in [0.3, 0.4) is 0 Å². The molecule has 0 aromatic heterocycles. The van der Waals surface area contributed by atoms with E-state index in [1.807, 2.05) is 0 Å². The van der Waals surface area contributed by atoms with Crippen molar-refractivity contribution in [3.8, 4) is 0 Å². The molecule has 58 valence electrons. The van der Waals surface area contributed by atoms with Crippen molar-refractivity contribution in [2.75, 3.05) is 0 Å². The predicted octanol–water partition coefficient (Wildman–Crippen LogP) is 1.11. The van der Waals surface area contributed by atoms with Crippen molar-refractivity contribution in [2.45, 2.75) is 30.8 Å². The van der Waals surface area contributed by atoms with Crippen LogP contribution in [0.2, 0.25) is 0 Å². The van der Waals surface area contributed by atoms with Crippen LogP contribution in [0, 0.1) is 5.92 Å². The van der Waals surface area contributed by atoms with E-state index >= 15 is 0 Å². The van der Waals surface area contributed by atoms with Crippen molar-refractivity contribution in [1.29, 1.82) is 0 Å². The van der Waals surface area contributed by atoms with Crippen LogP contribution in [0.25, 0.3) is 0 Å². The molecule has 0 saturated heterocycles. The van der Waals surface area contributed by atoms with Gasteiger partial charge in [-0.25, -0.2) is 0 Å². The van der Waals surface area contributed by atoms with Crippen LogP contribution in [0.5, 0.6) is 0 Å². The normalized spacial score (nSPS) is 30.2. The predicted molar refractivity (Wildman–Crippen MR) is 36.7 cm³/mol. The summed E-state index contributed by atoms with van der Waals surface area (Å²) in [7, 11) is -3.75. The van der Waals surface area contributed by atoms with E-state index < -0.39 is 12.8 Å². The lowest BCUT2D eigenvalue weighted by atomic mass is 10.3. The molecule has 0 aromatic rings. The third kappa shape index (κ3) is 0.777. The lowest BCUT2D eigenvalue weighted by molar-refractivity contribution is 0.347. The third-order valence-corrected chi connectivity index (χ3v) is 4.65. The van der Waals surface area contributed by atoms with Gasteiger partial charge in [-0.2, -0.15) is 0 Å². The first-order valence-electron chi connectivity index (χ1n) is 3.62. The zero-order valence-electron chi connectivity index (χ0n) is 5.66. The molecule has 10 heavy (non-hydrogen) atoms. The highest BCUT2D eigenvalue weighted by Crippen LogP contribution is 2.73. The van der Waals surface area contributed by atoms with Gasteiger partial charge in [0.2, 0.25) is 0 Å². The maximum atomic E-state index is 10.9. The highest BCUT2D eigenvalue weighted by atomic mass is 31.2. The lowest BCUT2D eigenvalue weighted by Gasteiger charge is -2.14. The van der Waals surface area contributed by atoms with Crippen LogP contribution in [-0.2, 0) is 4.57 Å². The molecule has 2 saturated carbocycles. The van der Waals surface area contributed by atoms with E-state index in [1.165, 1.54) is 0 Å². The van der Waals surface area contributed by atoms with Crippen LogP contribution in [-0.4, -0.2) is 14.9 Å². The van der Waals surface area contributed by atoms with Gasteiger partial charge in [-0.15, -0.1) is 0 Å². The van der Waals surface area contributed by atoms with E-state index in [-0.39, 0.29) is 0 Å². The Morgan fingerprint density at radius 2 is 1.80 bits per heavy atom. The summed E-state index contributed by atoms with van der Waals surface area (Å²) >= 11 is 0. The molecule has 2 aliphatic carbocycles. The molecule has 0 atom stereocenters. The molecule has 0 aliphatic heterocycles. The first kappa shape index (κ1) is 6.84. The molecule has 0 aromatic carbocycles. The SMILES string of the molecule is O=P(O)(O)C1(C2CC2)CC1. The Hall–Kier alpha value is 0.150. The molecular formula is C6H11O3P. The molecule has 2 rings (SSSR count). The molecule has 0 unspecified atom stereocenters. The fourth-order valence-corrected chi connectivity index (χ4v) is 3.11. The molecule has 0 bridgehead atoms. The quantitative estimate of drug-likeness (QED) is 0.598. The van der Waals surface area contributed by atoms with Gasteiger partial charge in [0.15, 0.2) is 0 Å². The molecule has 3 nitrogen and oxygen atoms in total. The lowest BCUT2D eigenvalue weighted by Crippen LogP contribution is -2.11. The second-order valence-electron chi connectivity index (χ2n) is 3.42. The molecule has 0 amide bonds. The third-order valence-electron chi connectivity index (χ3n) is 2.68. The standard InChI is InChI=1S/C6H11O3P/c7-10(8,9)6(3-4-6)5-1-2-5/h5H,1-4H2,(H2,7,8,9). The Labute approximate surface area is 59.6 Å². The van der Waals surface area contributed by atoms with Crippen molar-refractivity contribution in [3.05, 3.63) is 0 Å². The van der Waals surface area contributed by atoms with Gasteiger partial charge in [0.1, 0.15) is 0 Å². The van der Waals surface area contributed by atoms with Gasteiger partial charge < -0.3 is 9.79 Å². The second-order valence-corrected chi connectivity index (χ2v) is 5.40. The fraction of sp³-hybridized carbons (Fsp3) is 1.00. The van der Waals surface area contributed by atoms with Crippen LogP contribution in [0.1, 0.15) is 25.7 Å². The van der Waals surface area contributed by atoms with E-state index in [4.69, 9.17) is 9.79 Å². The van der Waals surface area contributed by atoms with Crippen molar-refractivity contribution >= 4 is 7.60 Å². The van der Waals surface area contributed by atoms with Gasteiger partial charge in [0, 0.05) is 0 Å². The van der Waals surface area contributed by atoms with E-state index in [9.17, 15) is 4.57 Å². The van der Waals surface area contributed by atoms with Gasteiger partial charge in [0.25, 0.3) is 0 Å². The fourth-order valence-electron chi connectivity index (χ4n) is 1.69. The Bertz CT molecular complexity index is 199. The smallest absolute Gasteiger partial charge is 0.324 e. The highest BCUT2D eigenvalue weighted by molar-refractivity contribution is 7.54. The highest BCUT2D eigenvalue weighted by Gasteiger charge is 2.64. The largest absolute Gasteiger partial charge is 0.331 e. The average molecular weight is 162 g/mol. The van der Waals surface area contributed by atoms with E-state index in [2.05, 4.69) is 0 Å². The van der Waals surface area contributed by atoms with E-state index in [0.29, 0.717) is 5.92 Å². The Morgan fingerprint density at radius 3 is 1.90 bits per heavy atom. The minimum absolute atomic E-state index is 0.355. The summed E-state index contributed by atoms with van der Waals surface area (Å²) in [5, 5.41) is -0.535. The van der Waals surface area contributed by atoms with Crippen LogP contribution >= 0.6 is 7.60 Å². The van der Waals surface area contributed by atoms with Crippen molar-refractivity contribution in [2.24, 2.45) is 5.92 Å². The topological polar surface area (TPSA) is 57.5 Å². The molecule has 2 N–H and O–H groups in total. The number of rotatable bonds is 2. The zero-order valence-corrected chi connectivity index (χ0v) is 6.55. The summed E-state index contributed by atoms with van der Waals surface area (Å²) in [6, 6.07) is 0. The Morgan fingerprint density at radius 1 is 1.30 bits per heavy atom. The summed E-state index contributed by atoms with van der Waals surface area (Å²) in [6.07, 6.45) is 3.57. The summed E-state index contributed by atoms with van der Waals surface area (Å²) < 4.78 is 10.9. The van der Waals surface area contributed by atoms with Gasteiger partial charge in [-0.1, -0.05) is 0 Å². The van der Waals surface area contributed by atoms with E-state index in [1.54, 1.807) is 0 Å². The molecule has 0 heterocycles. The van der Waals surface area contributed by atoms with Gasteiger partial charge in [-0.3, -0.25) is 4.57 Å². The maximum absolute atomic E-state index is 10.9. The average Bonchev–Trinajstić information content (AvgIpc) is 2.56. The van der Waals surface area contributed by atoms with Gasteiger partial charge >= 0.3 is 7.60 Å². The molecule has 4 heteroatoms. The summed E-state index contributed by atoms with van der Waals surface area (Å²) in [5.41, 5.74) is 0. The second kappa shape index (κ2) is 1.66. The Balaban J connectivity index is 2.21. The summed E-state index contributed by atoms with van der Waals surface area (Å²) in [5.74, 6) is 0.355. The van der Waals surface area contributed by atoms with E-state index in [0.717, 1.165) is 25.7 Å². The molecular weight excluding hydrogens is 151 g/mol. The summed E-state index contributed by atoms with van der Waals surface area (Å²) in [4.78, 5) is 17.9. The first-order valence-corrected chi connectivity index (χ1v) is 5.23. The minimum atomic E-state index is -3.75. The van der Waals surface area contributed by atoms with Crippen LogP contribution < -0.4 is 0 Å². The molecule has 0 spiro atoms. The molecule has 2 fully saturated rings. The van der Waals surface area contributed by atoms with Crippen LogP contribution in [0.15, 0.2) is 0 Å². The number of hydrogen-bond acceptors (Lipinski definition) is 1.